The average Bonchev–Trinajstić information content (AvgIpc) is 3.08. The monoisotopic (exact) mass is 400 g/mol. The van der Waals surface area contributed by atoms with Gasteiger partial charge >= 0.3 is 5.97 Å². The number of allylic oxidation sites excluding steroid dienone is 4. The smallest absolute Gasteiger partial charge is 0.331 e. The van der Waals surface area contributed by atoms with Gasteiger partial charge in [-0.3, -0.25) is 0 Å². The molecule has 2 heterocycles. The van der Waals surface area contributed by atoms with Crippen LogP contribution in [0.25, 0.3) is 0 Å². The minimum atomic E-state index is -0.894. The van der Waals surface area contributed by atoms with Gasteiger partial charge in [-0.05, 0) is 76.2 Å². The maximum Gasteiger partial charge on any atom is 0.331 e. The minimum absolute atomic E-state index is 0.257. The maximum atomic E-state index is 11.2. The van der Waals surface area contributed by atoms with Crippen LogP contribution >= 0.6 is 0 Å². The van der Waals surface area contributed by atoms with Crippen molar-refractivity contribution in [3.05, 3.63) is 46.1 Å². The first kappa shape index (κ1) is 22.0. The lowest BCUT2D eigenvalue weighted by atomic mass is 9.71. The van der Waals surface area contributed by atoms with Crippen LogP contribution in [0.5, 0.6) is 0 Å². The van der Waals surface area contributed by atoms with E-state index in [4.69, 9.17) is 9.47 Å². The zero-order valence-corrected chi connectivity index (χ0v) is 18.4. The molecule has 3 aliphatic rings. The number of hydrogen-bond acceptors (Lipinski definition) is 4. The molecular weight excluding hydrogens is 364 g/mol. The summed E-state index contributed by atoms with van der Waals surface area (Å²) in [4.78, 5) is 11.2. The van der Waals surface area contributed by atoms with E-state index in [1.54, 1.807) is 11.1 Å². The van der Waals surface area contributed by atoms with E-state index in [2.05, 4.69) is 39.8 Å². The lowest BCUT2D eigenvalue weighted by Crippen LogP contribution is -2.29. The van der Waals surface area contributed by atoms with E-state index in [1.165, 1.54) is 30.9 Å². The first-order valence-electron chi connectivity index (χ1n) is 11.0. The molecule has 3 rings (SSSR count). The highest BCUT2D eigenvalue weighted by molar-refractivity contribution is 5.85. The lowest BCUT2D eigenvalue weighted by Gasteiger charge is -2.35. The van der Waals surface area contributed by atoms with Gasteiger partial charge in [0.25, 0.3) is 0 Å². The summed E-state index contributed by atoms with van der Waals surface area (Å²) in [6.45, 7) is 9.57. The molecule has 0 aromatic rings. The number of hydrogen-bond donors (Lipinski definition) is 1. The number of carbonyl (C=O) groups excluding carboxylic acids is 1. The second-order valence-corrected chi connectivity index (χ2v) is 9.40. The zero-order valence-electron chi connectivity index (χ0n) is 18.4. The summed E-state index contributed by atoms with van der Waals surface area (Å²) in [5.74, 6) is -0.323. The molecule has 2 atom stereocenters. The highest BCUT2D eigenvalue weighted by Crippen LogP contribution is 2.42. The largest absolute Gasteiger partial charge is 0.458 e. The molecule has 160 valence electrons. The average molecular weight is 401 g/mol. The second kappa shape index (κ2) is 9.44. The topological polar surface area (TPSA) is 55.8 Å². The molecule has 2 aliphatic heterocycles. The summed E-state index contributed by atoms with van der Waals surface area (Å²) >= 11 is 0. The molecule has 0 unspecified atom stereocenters. The summed E-state index contributed by atoms with van der Waals surface area (Å²) in [7, 11) is 0. The molecule has 1 N–H and O–H groups in total. The Bertz CT molecular complexity index is 751. The van der Waals surface area contributed by atoms with Crippen molar-refractivity contribution < 1.29 is 19.4 Å². The van der Waals surface area contributed by atoms with Crippen LogP contribution in [-0.2, 0) is 14.3 Å². The van der Waals surface area contributed by atoms with Crippen LogP contribution in [0.1, 0.15) is 79.1 Å². The summed E-state index contributed by atoms with van der Waals surface area (Å²) in [6, 6.07) is 0. The van der Waals surface area contributed by atoms with E-state index in [0.717, 1.165) is 36.8 Å². The van der Waals surface area contributed by atoms with Crippen molar-refractivity contribution >= 4 is 5.97 Å². The molecule has 0 bridgehead atoms. The van der Waals surface area contributed by atoms with Gasteiger partial charge < -0.3 is 14.6 Å². The first-order valence-corrected chi connectivity index (χ1v) is 11.0. The van der Waals surface area contributed by atoms with Crippen molar-refractivity contribution in [3.63, 3.8) is 0 Å². The van der Waals surface area contributed by atoms with Crippen molar-refractivity contribution in [1.29, 1.82) is 0 Å². The van der Waals surface area contributed by atoms with Crippen molar-refractivity contribution in [2.45, 2.75) is 91.5 Å². The third-order valence-electron chi connectivity index (χ3n) is 6.68. The molecule has 0 aromatic carbocycles. The van der Waals surface area contributed by atoms with E-state index in [-0.39, 0.29) is 18.7 Å². The number of aliphatic hydroxyl groups excluding tert-OH is 1. The molecule has 0 radical (unpaired) electrons. The Morgan fingerprint density at radius 1 is 1.34 bits per heavy atom. The highest BCUT2D eigenvalue weighted by Gasteiger charge is 2.29. The Labute approximate surface area is 175 Å². The molecule has 0 saturated heterocycles. The molecular formula is C25H36O4. The van der Waals surface area contributed by atoms with Crippen LogP contribution in [0.3, 0.4) is 0 Å². The fourth-order valence-corrected chi connectivity index (χ4v) is 4.83. The Balaban J connectivity index is 1.47. The standard InChI is InChI=1S/C25H36O4/c1-17(10-12-21-18(2)8-6-14-25(21,3)4)7-5-9-19-11-13-22(29-24(19)27)20-15-23(26)28-16-20/h7,11,15,22,24,27H,5-6,8-10,12-14,16H2,1-4H3/b17-7+/t22-,24-/m1/s1. The van der Waals surface area contributed by atoms with E-state index in [1.807, 2.05) is 0 Å². The van der Waals surface area contributed by atoms with Gasteiger partial charge in [0.05, 0.1) is 6.10 Å². The molecule has 0 fully saturated rings. The van der Waals surface area contributed by atoms with Crippen molar-refractivity contribution in [3.8, 4) is 0 Å². The van der Waals surface area contributed by atoms with Crippen LogP contribution in [-0.4, -0.2) is 30.1 Å². The van der Waals surface area contributed by atoms with Crippen LogP contribution in [0.15, 0.2) is 46.1 Å². The Hall–Kier alpha value is -1.65. The molecule has 29 heavy (non-hydrogen) atoms. The number of carbonyl (C=O) groups is 1. The molecule has 4 nitrogen and oxygen atoms in total. The van der Waals surface area contributed by atoms with Crippen LogP contribution < -0.4 is 0 Å². The van der Waals surface area contributed by atoms with Crippen molar-refractivity contribution in [2.75, 3.05) is 6.61 Å². The number of cyclic esters (lactones) is 1. The number of esters is 1. The fraction of sp³-hybridized carbons (Fsp3) is 0.640. The minimum Gasteiger partial charge on any atom is -0.458 e. The third-order valence-corrected chi connectivity index (χ3v) is 6.68. The third kappa shape index (κ3) is 5.70. The predicted octanol–water partition coefficient (Wildman–Crippen LogP) is 5.54. The molecule has 4 heteroatoms. The van der Waals surface area contributed by atoms with Gasteiger partial charge in [-0.2, -0.15) is 0 Å². The maximum absolute atomic E-state index is 11.2. The zero-order chi connectivity index (χ0) is 21.0. The summed E-state index contributed by atoms with van der Waals surface area (Å²) < 4.78 is 10.6. The SMILES string of the molecule is CC1=C(CC/C(C)=C/CCC2=CC[C@H](C3=CC(=O)OC3)O[C@H]2O)C(C)(C)CCC1. The Morgan fingerprint density at radius 2 is 2.14 bits per heavy atom. The summed E-state index contributed by atoms with van der Waals surface area (Å²) in [5, 5.41) is 10.3. The van der Waals surface area contributed by atoms with Crippen LogP contribution in [0.4, 0.5) is 0 Å². The van der Waals surface area contributed by atoms with Gasteiger partial charge in [-0.15, -0.1) is 0 Å². The predicted molar refractivity (Wildman–Crippen MR) is 115 cm³/mol. The number of rotatable bonds is 7. The van der Waals surface area contributed by atoms with Gasteiger partial charge in [0, 0.05) is 11.6 Å². The van der Waals surface area contributed by atoms with E-state index >= 15 is 0 Å². The van der Waals surface area contributed by atoms with Crippen LogP contribution in [0, 0.1) is 5.41 Å². The number of aliphatic hydroxyl groups is 1. The molecule has 0 aromatic heterocycles. The van der Waals surface area contributed by atoms with E-state index in [9.17, 15) is 9.90 Å². The van der Waals surface area contributed by atoms with Crippen LogP contribution in [0.2, 0.25) is 0 Å². The second-order valence-electron chi connectivity index (χ2n) is 9.40. The fourth-order valence-electron chi connectivity index (χ4n) is 4.83. The Morgan fingerprint density at radius 3 is 2.79 bits per heavy atom. The molecule has 0 spiro atoms. The van der Waals surface area contributed by atoms with Crippen molar-refractivity contribution in [2.24, 2.45) is 5.41 Å². The first-order chi connectivity index (χ1) is 13.8. The van der Waals surface area contributed by atoms with Gasteiger partial charge in [0.15, 0.2) is 6.29 Å². The summed E-state index contributed by atoms with van der Waals surface area (Å²) in [5.41, 5.74) is 6.77. The summed E-state index contributed by atoms with van der Waals surface area (Å²) in [6.07, 6.45) is 13.2. The van der Waals surface area contributed by atoms with Gasteiger partial charge in [-0.25, -0.2) is 4.79 Å². The quantitative estimate of drug-likeness (QED) is 0.450. The van der Waals surface area contributed by atoms with Crippen molar-refractivity contribution in [1.82, 2.24) is 0 Å². The van der Waals surface area contributed by atoms with E-state index < -0.39 is 6.29 Å². The lowest BCUT2D eigenvalue weighted by molar-refractivity contribution is -0.135. The molecule has 0 amide bonds. The van der Waals surface area contributed by atoms with Gasteiger partial charge in [0.2, 0.25) is 0 Å². The van der Waals surface area contributed by atoms with Gasteiger partial charge in [0.1, 0.15) is 6.61 Å². The molecule has 0 saturated carbocycles. The Kier molecular flexibility index (Phi) is 7.18. The highest BCUT2D eigenvalue weighted by atomic mass is 16.6. The number of ether oxygens (including phenoxy) is 2. The normalized spacial score (nSPS) is 27.6. The molecule has 1 aliphatic carbocycles. The van der Waals surface area contributed by atoms with E-state index in [0.29, 0.717) is 11.8 Å². The van der Waals surface area contributed by atoms with Gasteiger partial charge in [-0.1, -0.05) is 42.7 Å².